The molecule has 0 unspecified atom stereocenters. The quantitative estimate of drug-likeness (QED) is 0.533. The van der Waals surface area contributed by atoms with Crippen molar-refractivity contribution in [3.63, 3.8) is 0 Å². The van der Waals surface area contributed by atoms with Crippen LogP contribution in [0.3, 0.4) is 0 Å². The van der Waals surface area contributed by atoms with Gasteiger partial charge in [0.05, 0.1) is 11.0 Å². The zero-order chi connectivity index (χ0) is 17.3. The average Bonchev–Trinajstić information content (AvgIpc) is 3.03. The molecular weight excluding hydrogens is 308 g/mol. The summed E-state index contributed by atoms with van der Waals surface area (Å²) in [7, 11) is 1.61. The Balaban J connectivity index is 1.91. The molecule has 2 aromatic carbocycles. The largest absolute Gasteiger partial charge is 0.459 e. The first kappa shape index (κ1) is 15.7. The second kappa shape index (κ2) is 6.16. The van der Waals surface area contributed by atoms with Crippen LogP contribution in [0.25, 0.3) is 11.0 Å². The number of furan rings is 1. The van der Waals surface area contributed by atoms with Gasteiger partial charge in [-0.05, 0) is 25.1 Å². The van der Waals surface area contributed by atoms with Gasteiger partial charge in [-0.1, -0.05) is 30.3 Å². The number of hydrogen-bond donors (Lipinski definition) is 0. The summed E-state index contributed by atoms with van der Waals surface area (Å²) in [4.78, 5) is 24.7. The van der Waals surface area contributed by atoms with E-state index in [1.165, 1.54) is 23.1 Å². The minimum atomic E-state index is -0.549. The number of nitro benzene ring substituents is 1. The van der Waals surface area contributed by atoms with Crippen LogP contribution in [-0.4, -0.2) is 22.8 Å². The summed E-state index contributed by atoms with van der Waals surface area (Å²) in [5.41, 5.74) is 0.602. The van der Waals surface area contributed by atoms with E-state index in [1.54, 1.807) is 13.1 Å². The summed E-state index contributed by atoms with van der Waals surface area (Å²) in [5.74, 6) is 0.209. The van der Waals surface area contributed by atoms with Crippen molar-refractivity contribution in [2.24, 2.45) is 0 Å². The minimum absolute atomic E-state index is 0.0629. The van der Waals surface area contributed by atoms with Crippen LogP contribution >= 0.6 is 0 Å². The number of fused-ring (bicyclic) bond motifs is 1. The molecule has 0 aliphatic rings. The van der Waals surface area contributed by atoms with Crippen LogP contribution < -0.4 is 0 Å². The SMILES string of the molecule is C[C@H](c1cc2ccccc2o1)N(C)C(=O)c1ccccc1[N+](=O)[O-]. The lowest BCUT2D eigenvalue weighted by atomic mass is 10.1. The highest BCUT2D eigenvalue weighted by Gasteiger charge is 2.26. The van der Waals surface area contributed by atoms with E-state index in [2.05, 4.69) is 0 Å². The highest BCUT2D eigenvalue weighted by Crippen LogP contribution is 2.29. The number of nitrogens with zero attached hydrogens (tertiary/aromatic N) is 2. The third-order valence-electron chi connectivity index (χ3n) is 4.09. The maximum Gasteiger partial charge on any atom is 0.282 e. The maximum absolute atomic E-state index is 12.7. The fraction of sp³-hybridized carbons (Fsp3) is 0.167. The molecule has 1 amide bonds. The van der Waals surface area contributed by atoms with Crippen molar-refractivity contribution in [2.45, 2.75) is 13.0 Å². The summed E-state index contributed by atoms with van der Waals surface area (Å²) in [6.45, 7) is 1.82. The molecule has 24 heavy (non-hydrogen) atoms. The highest BCUT2D eigenvalue weighted by molar-refractivity contribution is 5.98. The Morgan fingerprint density at radius 2 is 1.83 bits per heavy atom. The molecule has 122 valence electrons. The van der Waals surface area contributed by atoms with Gasteiger partial charge >= 0.3 is 0 Å². The molecule has 0 radical (unpaired) electrons. The molecule has 1 heterocycles. The Morgan fingerprint density at radius 3 is 2.54 bits per heavy atom. The van der Waals surface area contributed by atoms with Gasteiger partial charge in [0.1, 0.15) is 16.9 Å². The van der Waals surface area contributed by atoms with Gasteiger partial charge in [-0.25, -0.2) is 0 Å². The summed E-state index contributed by atoms with van der Waals surface area (Å²) < 4.78 is 5.79. The Bertz CT molecular complexity index is 883. The molecule has 6 nitrogen and oxygen atoms in total. The van der Waals surface area contributed by atoms with Gasteiger partial charge in [-0.15, -0.1) is 0 Å². The number of nitro groups is 1. The molecule has 0 fully saturated rings. The minimum Gasteiger partial charge on any atom is -0.459 e. The summed E-state index contributed by atoms with van der Waals surface area (Å²) in [6.07, 6.45) is 0. The fourth-order valence-corrected chi connectivity index (χ4v) is 2.58. The predicted octanol–water partition coefficient (Wildman–Crippen LogP) is 4.17. The molecule has 0 aliphatic carbocycles. The van der Waals surface area contributed by atoms with E-state index >= 15 is 0 Å². The Kier molecular flexibility index (Phi) is 4.04. The smallest absolute Gasteiger partial charge is 0.282 e. The first-order valence-electron chi connectivity index (χ1n) is 7.48. The lowest BCUT2D eigenvalue weighted by Gasteiger charge is -2.23. The van der Waals surface area contributed by atoms with Gasteiger partial charge in [-0.2, -0.15) is 0 Å². The van der Waals surface area contributed by atoms with E-state index in [1.807, 2.05) is 37.3 Å². The molecule has 0 saturated heterocycles. The van der Waals surface area contributed by atoms with E-state index < -0.39 is 10.8 Å². The van der Waals surface area contributed by atoms with Gasteiger partial charge in [0, 0.05) is 18.5 Å². The van der Waals surface area contributed by atoms with Gasteiger partial charge in [0.2, 0.25) is 0 Å². The third-order valence-corrected chi connectivity index (χ3v) is 4.09. The van der Waals surface area contributed by atoms with Crippen molar-refractivity contribution in [2.75, 3.05) is 7.05 Å². The lowest BCUT2D eigenvalue weighted by molar-refractivity contribution is -0.385. The number of rotatable bonds is 4. The first-order valence-corrected chi connectivity index (χ1v) is 7.48. The van der Waals surface area contributed by atoms with E-state index in [4.69, 9.17) is 4.42 Å². The number of carbonyl (C=O) groups is 1. The second-order valence-corrected chi connectivity index (χ2v) is 5.55. The van der Waals surface area contributed by atoms with Crippen molar-refractivity contribution in [1.29, 1.82) is 0 Å². The normalized spacial score (nSPS) is 12.1. The molecule has 0 aliphatic heterocycles. The highest BCUT2D eigenvalue weighted by atomic mass is 16.6. The van der Waals surface area contributed by atoms with Crippen LogP contribution in [0.15, 0.2) is 59.0 Å². The van der Waals surface area contributed by atoms with Crippen LogP contribution in [-0.2, 0) is 0 Å². The van der Waals surface area contributed by atoms with Gasteiger partial charge in [-0.3, -0.25) is 14.9 Å². The Morgan fingerprint density at radius 1 is 1.17 bits per heavy atom. The van der Waals surface area contributed by atoms with Crippen molar-refractivity contribution < 1.29 is 14.1 Å². The molecule has 0 saturated carbocycles. The van der Waals surface area contributed by atoms with Gasteiger partial charge in [0.15, 0.2) is 0 Å². The van der Waals surface area contributed by atoms with Crippen molar-refractivity contribution in [1.82, 2.24) is 4.90 Å². The van der Waals surface area contributed by atoms with Crippen LogP contribution in [0.5, 0.6) is 0 Å². The van der Waals surface area contributed by atoms with Crippen LogP contribution in [0.1, 0.15) is 29.1 Å². The molecule has 6 heteroatoms. The van der Waals surface area contributed by atoms with Crippen LogP contribution in [0.2, 0.25) is 0 Å². The van der Waals surface area contributed by atoms with Crippen LogP contribution in [0, 0.1) is 10.1 Å². The third kappa shape index (κ3) is 2.74. The molecular formula is C18H16N2O4. The molecule has 0 spiro atoms. The topological polar surface area (TPSA) is 76.6 Å². The van der Waals surface area contributed by atoms with E-state index in [9.17, 15) is 14.9 Å². The van der Waals surface area contributed by atoms with Gasteiger partial charge < -0.3 is 9.32 Å². The number of amides is 1. The number of para-hydroxylation sites is 2. The van der Waals surface area contributed by atoms with Crippen molar-refractivity contribution in [3.8, 4) is 0 Å². The number of carbonyl (C=O) groups excluding carboxylic acids is 1. The Hall–Kier alpha value is -3.15. The number of hydrogen-bond acceptors (Lipinski definition) is 4. The summed E-state index contributed by atoms with van der Waals surface area (Å²) in [6, 6.07) is 15.0. The molecule has 1 aromatic heterocycles. The summed E-state index contributed by atoms with van der Waals surface area (Å²) >= 11 is 0. The summed E-state index contributed by atoms with van der Waals surface area (Å²) in [5, 5.41) is 12.1. The average molecular weight is 324 g/mol. The van der Waals surface area contributed by atoms with E-state index in [0.29, 0.717) is 5.76 Å². The zero-order valence-electron chi connectivity index (χ0n) is 13.3. The molecule has 1 atom stereocenters. The van der Waals surface area contributed by atoms with Crippen LogP contribution in [0.4, 0.5) is 5.69 Å². The predicted molar refractivity (Wildman–Crippen MR) is 89.8 cm³/mol. The monoisotopic (exact) mass is 324 g/mol. The fourth-order valence-electron chi connectivity index (χ4n) is 2.58. The van der Waals surface area contributed by atoms with Crippen molar-refractivity contribution >= 4 is 22.6 Å². The standard InChI is InChI=1S/C18H16N2O4/c1-12(17-11-13-7-3-6-10-16(13)24-17)19(2)18(21)14-8-4-5-9-15(14)20(22)23/h3-12H,1-2H3/t12-/m1/s1. The Labute approximate surface area is 138 Å². The maximum atomic E-state index is 12.7. The zero-order valence-corrected chi connectivity index (χ0v) is 13.3. The van der Waals surface area contributed by atoms with Crippen molar-refractivity contribution in [3.05, 3.63) is 76.0 Å². The van der Waals surface area contributed by atoms with Gasteiger partial charge in [0.25, 0.3) is 11.6 Å². The number of benzene rings is 2. The molecule has 0 N–H and O–H groups in total. The van der Waals surface area contributed by atoms with E-state index in [-0.39, 0.29) is 17.3 Å². The van der Waals surface area contributed by atoms with E-state index in [0.717, 1.165) is 11.0 Å². The molecule has 3 rings (SSSR count). The molecule has 3 aromatic rings. The second-order valence-electron chi connectivity index (χ2n) is 5.55. The first-order chi connectivity index (χ1) is 11.5. The molecule has 0 bridgehead atoms. The lowest BCUT2D eigenvalue weighted by Crippen LogP contribution is -2.30.